The van der Waals surface area contributed by atoms with Crippen molar-refractivity contribution >= 4 is 27.1 Å². The summed E-state index contributed by atoms with van der Waals surface area (Å²) in [6.07, 6.45) is 0. The Balaban J connectivity index is 2.70. The SMILES string of the molecule is CCS(=O)(=O)CCNC(=O)c1ccc([N+](=O)[O-])c(N)c1. The van der Waals surface area contributed by atoms with Gasteiger partial charge in [0.15, 0.2) is 9.84 Å². The first-order valence-electron chi connectivity index (χ1n) is 5.79. The Bertz CT molecular complexity index is 627. The molecule has 9 heteroatoms. The van der Waals surface area contributed by atoms with Gasteiger partial charge in [0.05, 0.1) is 10.7 Å². The maximum Gasteiger partial charge on any atom is 0.292 e. The van der Waals surface area contributed by atoms with Gasteiger partial charge in [-0.15, -0.1) is 0 Å². The number of sulfone groups is 1. The average molecular weight is 301 g/mol. The Hall–Kier alpha value is -2.16. The minimum absolute atomic E-state index is 0.00729. The summed E-state index contributed by atoms with van der Waals surface area (Å²) < 4.78 is 22.5. The normalized spacial score (nSPS) is 11.1. The van der Waals surface area contributed by atoms with Gasteiger partial charge in [-0.1, -0.05) is 6.92 Å². The van der Waals surface area contributed by atoms with E-state index in [9.17, 15) is 23.3 Å². The third kappa shape index (κ3) is 4.19. The first-order chi connectivity index (χ1) is 9.26. The molecule has 0 fully saturated rings. The van der Waals surface area contributed by atoms with Crippen molar-refractivity contribution in [3.05, 3.63) is 33.9 Å². The van der Waals surface area contributed by atoms with Crippen molar-refractivity contribution < 1.29 is 18.1 Å². The summed E-state index contributed by atoms with van der Waals surface area (Å²) in [6.45, 7) is 1.50. The van der Waals surface area contributed by atoms with Gasteiger partial charge in [-0.25, -0.2) is 8.42 Å². The van der Waals surface area contributed by atoms with E-state index >= 15 is 0 Å². The number of anilines is 1. The summed E-state index contributed by atoms with van der Waals surface area (Å²) in [5.74, 6) is -0.677. The predicted molar refractivity (Wildman–Crippen MR) is 74.2 cm³/mol. The molecule has 0 unspecified atom stereocenters. The highest BCUT2D eigenvalue weighted by Gasteiger charge is 2.15. The monoisotopic (exact) mass is 301 g/mol. The molecule has 110 valence electrons. The highest BCUT2D eigenvalue weighted by Crippen LogP contribution is 2.21. The number of nitro groups is 1. The Morgan fingerprint density at radius 1 is 1.45 bits per heavy atom. The molecule has 0 heterocycles. The van der Waals surface area contributed by atoms with Crippen LogP contribution in [-0.2, 0) is 9.84 Å². The Morgan fingerprint density at radius 2 is 2.10 bits per heavy atom. The third-order valence-electron chi connectivity index (χ3n) is 2.62. The minimum atomic E-state index is -3.15. The number of nitro benzene ring substituents is 1. The molecule has 0 spiro atoms. The number of amides is 1. The fourth-order valence-corrected chi connectivity index (χ4v) is 2.13. The van der Waals surface area contributed by atoms with Crippen molar-refractivity contribution in [2.24, 2.45) is 0 Å². The number of nitrogens with two attached hydrogens (primary N) is 1. The van der Waals surface area contributed by atoms with Crippen LogP contribution in [0.1, 0.15) is 17.3 Å². The van der Waals surface area contributed by atoms with Crippen LogP contribution in [0.3, 0.4) is 0 Å². The van der Waals surface area contributed by atoms with Crippen molar-refractivity contribution in [3.8, 4) is 0 Å². The number of carbonyl (C=O) groups excluding carboxylic acids is 1. The van der Waals surface area contributed by atoms with Gasteiger partial charge in [-0.05, 0) is 12.1 Å². The van der Waals surface area contributed by atoms with Gasteiger partial charge < -0.3 is 11.1 Å². The smallest absolute Gasteiger partial charge is 0.292 e. The number of benzene rings is 1. The summed E-state index contributed by atoms with van der Waals surface area (Å²) in [5.41, 5.74) is 5.20. The second kappa shape index (κ2) is 6.33. The van der Waals surface area contributed by atoms with E-state index in [0.29, 0.717) is 0 Å². The van der Waals surface area contributed by atoms with Crippen LogP contribution in [0.25, 0.3) is 0 Å². The molecule has 0 radical (unpaired) electrons. The van der Waals surface area contributed by atoms with Crippen molar-refractivity contribution in [3.63, 3.8) is 0 Å². The molecular weight excluding hydrogens is 286 g/mol. The molecule has 0 saturated carbocycles. The lowest BCUT2D eigenvalue weighted by atomic mass is 10.1. The average Bonchev–Trinajstić information content (AvgIpc) is 2.37. The molecule has 8 nitrogen and oxygen atoms in total. The summed E-state index contributed by atoms with van der Waals surface area (Å²) in [5, 5.41) is 13.0. The van der Waals surface area contributed by atoms with Crippen LogP contribution in [0, 0.1) is 10.1 Å². The van der Waals surface area contributed by atoms with Crippen molar-refractivity contribution in [2.45, 2.75) is 6.92 Å². The molecule has 0 aliphatic carbocycles. The van der Waals surface area contributed by atoms with Crippen molar-refractivity contribution in [1.82, 2.24) is 5.32 Å². The lowest BCUT2D eigenvalue weighted by molar-refractivity contribution is -0.383. The van der Waals surface area contributed by atoms with E-state index in [-0.39, 0.29) is 35.0 Å². The zero-order valence-corrected chi connectivity index (χ0v) is 11.6. The van der Waals surface area contributed by atoms with Gasteiger partial charge in [0.2, 0.25) is 0 Å². The van der Waals surface area contributed by atoms with Crippen LogP contribution in [0.15, 0.2) is 18.2 Å². The molecule has 1 rings (SSSR count). The van der Waals surface area contributed by atoms with Gasteiger partial charge >= 0.3 is 0 Å². The molecule has 1 amide bonds. The third-order valence-corrected chi connectivity index (χ3v) is 4.33. The summed E-state index contributed by atoms with van der Waals surface area (Å²) in [7, 11) is -3.15. The second-order valence-corrected chi connectivity index (χ2v) is 6.50. The van der Waals surface area contributed by atoms with Gasteiger partial charge in [0, 0.05) is 23.9 Å². The number of nitrogens with zero attached hydrogens (tertiary/aromatic N) is 1. The molecule has 20 heavy (non-hydrogen) atoms. The minimum Gasteiger partial charge on any atom is -0.393 e. The second-order valence-electron chi connectivity index (χ2n) is 4.02. The van der Waals surface area contributed by atoms with Gasteiger partial charge in [-0.2, -0.15) is 0 Å². The van der Waals surface area contributed by atoms with Crippen LogP contribution in [0.2, 0.25) is 0 Å². The lowest BCUT2D eigenvalue weighted by Crippen LogP contribution is -2.29. The number of nitrogen functional groups attached to an aromatic ring is 1. The van der Waals surface area contributed by atoms with Crippen molar-refractivity contribution in [2.75, 3.05) is 23.8 Å². The number of hydrogen-bond acceptors (Lipinski definition) is 6. The topological polar surface area (TPSA) is 132 Å². The first kappa shape index (κ1) is 15.9. The predicted octanol–water partition coefficient (Wildman–Crippen LogP) is 0.342. The number of rotatable bonds is 6. The van der Waals surface area contributed by atoms with E-state index in [1.54, 1.807) is 0 Å². The van der Waals surface area contributed by atoms with Gasteiger partial charge in [0.25, 0.3) is 11.6 Å². The van der Waals surface area contributed by atoms with Crippen LogP contribution < -0.4 is 11.1 Å². The van der Waals surface area contributed by atoms with Gasteiger partial charge in [-0.3, -0.25) is 14.9 Å². The fourth-order valence-electron chi connectivity index (χ4n) is 1.43. The highest BCUT2D eigenvalue weighted by atomic mass is 32.2. The van der Waals surface area contributed by atoms with E-state index in [2.05, 4.69) is 5.32 Å². The maximum atomic E-state index is 11.7. The van der Waals surface area contributed by atoms with E-state index in [1.165, 1.54) is 19.1 Å². The lowest BCUT2D eigenvalue weighted by Gasteiger charge is -2.06. The zero-order valence-electron chi connectivity index (χ0n) is 10.8. The zero-order chi connectivity index (χ0) is 15.3. The van der Waals surface area contributed by atoms with Crippen molar-refractivity contribution in [1.29, 1.82) is 0 Å². The van der Waals surface area contributed by atoms with E-state index in [1.807, 2.05) is 0 Å². The Kier molecular flexibility index (Phi) is 5.03. The molecule has 0 saturated heterocycles. The summed E-state index contributed by atoms with van der Waals surface area (Å²) in [4.78, 5) is 21.6. The quantitative estimate of drug-likeness (QED) is 0.442. The maximum absolute atomic E-state index is 11.7. The molecule has 0 bridgehead atoms. The fraction of sp³-hybridized carbons (Fsp3) is 0.364. The van der Waals surface area contributed by atoms with Gasteiger partial charge in [0.1, 0.15) is 5.69 Å². The Morgan fingerprint density at radius 3 is 2.60 bits per heavy atom. The van der Waals surface area contributed by atoms with Crippen LogP contribution in [0.4, 0.5) is 11.4 Å². The standard InChI is InChI=1S/C11H15N3O5S/c1-2-20(18,19)6-5-13-11(15)8-3-4-10(14(16)17)9(12)7-8/h3-4,7H,2,5-6,12H2,1H3,(H,13,15). The molecule has 1 aromatic rings. The number of carbonyl (C=O) groups is 1. The van der Waals surface area contributed by atoms with E-state index in [4.69, 9.17) is 5.73 Å². The number of nitrogens with one attached hydrogen (secondary N) is 1. The Labute approximate surface area is 116 Å². The molecular formula is C11H15N3O5S. The van der Waals surface area contributed by atoms with E-state index in [0.717, 1.165) is 6.07 Å². The van der Waals surface area contributed by atoms with Crippen LogP contribution in [-0.4, -0.2) is 37.3 Å². The van der Waals surface area contributed by atoms with E-state index < -0.39 is 20.7 Å². The molecule has 0 aromatic heterocycles. The molecule has 0 atom stereocenters. The largest absolute Gasteiger partial charge is 0.393 e. The number of hydrogen-bond donors (Lipinski definition) is 2. The summed E-state index contributed by atoms with van der Waals surface area (Å²) in [6, 6.07) is 3.58. The highest BCUT2D eigenvalue weighted by molar-refractivity contribution is 7.91. The first-order valence-corrected chi connectivity index (χ1v) is 7.61. The molecule has 3 N–H and O–H groups in total. The summed E-state index contributed by atoms with van der Waals surface area (Å²) >= 11 is 0. The molecule has 1 aromatic carbocycles. The van der Waals surface area contributed by atoms with Crippen LogP contribution in [0.5, 0.6) is 0 Å². The molecule has 0 aliphatic rings. The molecule has 0 aliphatic heterocycles. The van der Waals surface area contributed by atoms with Crippen LogP contribution >= 0.6 is 0 Å².